The number of methoxy groups -OCH3 is 1. The summed E-state index contributed by atoms with van der Waals surface area (Å²) in [5.41, 5.74) is 1.45. The van der Waals surface area contributed by atoms with Crippen molar-refractivity contribution >= 4 is 23.7 Å². The Labute approximate surface area is 115 Å². The lowest BCUT2D eigenvalue weighted by Crippen LogP contribution is -2.41. The highest BCUT2D eigenvalue weighted by atomic mass is 32.2. The van der Waals surface area contributed by atoms with Crippen LogP contribution < -0.4 is 5.32 Å². The smallest absolute Gasteiger partial charge is 0.337 e. The van der Waals surface area contributed by atoms with Crippen LogP contribution in [0.3, 0.4) is 0 Å². The van der Waals surface area contributed by atoms with Crippen LogP contribution in [0, 0.1) is 0 Å². The van der Waals surface area contributed by atoms with E-state index < -0.39 is 12.0 Å². The van der Waals surface area contributed by atoms with Crippen LogP contribution in [0.4, 0.5) is 0 Å². The number of carbonyl (C=O) groups is 2. The molecule has 2 unspecified atom stereocenters. The van der Waals surface area contributed by atoms with Crippen molar-refractivity contribution in [1.29, 1.82) is 0 Å². The van der Waals surface area contributed by atoms with Gasteiger partial charge < -0.3 is 9.84 Å². The quantitative estimate of drug-likeness (QED) is 0.821. The fourth-order valence-corrected chi connectivity index (χ4v) is 3.13. The van der Waals surface area contributed by atoms with E-state index in [2.05, 4.69) is 10.1 Å². The molecule has 1 aromatic rings. The summed E-state index contributed by atoms with van der Waals surface area (Å²) in [5, 5.41) is 12.0. The number of carbonyl (C=O) groups excluding carboxylic acids is 1. The van der Waals surface area contributed by atoms with Crippen LogP contribution >= 0.6 is 11.8 Å². The Hall–Kier alpha value is -1.53. The van der Waals surface area contributed by atoms with Crippen LogP contribution in [0.15, 0.2) is 24.3 Å². The summed E-state index contributed by atoms with van der Waals surface area (Å²) < 4.78 is 4.63. The molecule has 1 aliphatic heterocycles. The second-order valence-corrected chi connectivity index (χ2v) is 5.42. The van der Waals surface area contributed by atoms with E-state index in [1.165, 1.54) is 7.11 Å². The summed E-state index contributed by atoms with van der Waals surface area (Å²) in [7, 11) is 1.34. The van der Waals surface area contributed by atoms with Crippen molar-refractivity contribution in [1.82, 2.24) is 5.32 Å². The molecule has 102 valence electrons. The first kappa shape index (κ1) is 13.9. The van der Waals surface area contributed by atoms with Crippen molar-refractivity contribution in [2.24, 2.45) is 0 Å². The minimum Gasteiger partial charge on any atom is -0.480 e. The molecule has 0 radical (unpaired) electrons. The molecular weight excluding hydrogens is 266 g/mol. The zero-order valence-corrected chi connectivity index (χ0v) is 11.3. The normalized spacial score (nSPS) is 22.8. The molecule has 2 atom stereocenters. The molecule has 1 fully saturated rings. The zero-order valence-electron chi connectivity index (χ0n) is 10.5. The molecule has 1 aliphatic rings. The number of carboxylic acid groups (broad SMARTS) is 1. The lowest BCUT2D eigenvalue weighted by atomic mass is 10.1. The first-order chi connectivity index (χ1) is 9.11. The fourth-order valence-electron chi connectivity index (χ4n) is 1.92. The topological polar surface area (TPSA) is 75.6 Å². The number of hydrogen-bond acceptors (Lipinski definition) is 5. The van der Waals surface area contributed by atoms with E-state index in [0.717, 1.165) is 11.3 Å². The molecule has 19 heavy (non-hydrogen) atoms. The van der Waals surface area contributed by atoms with Crippen molar-refractivity contribution in [2.45, 2.75) is 17.8 Å². The van der Waals surface area contributed by atoms with E-state index in [1.54, 1.807) is 23.9 Å². The largest absolute Gasteiger partial charge is 0.480 e. The summed E-state index contributed by atoms with van der Waals surface area (Å²) in [4.78, 5) is 22.3. The summed E-state index contributed by atoms with van der Waals surface area (Å²) in [6.07, 6.45) is 0.622. The highest BCUT2D eigenvalue weighted by Gasteiger charge is 2.27. The number of aliphatic carboxylic acids is 1. The first-order valence-electron chi connectivity index (χ1n) is 5.90. The van der Waals surface area contributed by atoms with Crippen LogP contribution in [0.2, 0.25) is 0 Å². The zero-order chi connectivity index (χ0) is 13.8. The number of ether oxygens (including phenoxy) is 1. The standard InChI is InChI=1S/C13H15NO4S/c1-18-13(17)9-4-2-8(3-5-9)11-14-10(12(15)16)6-7-19-11/h2-5,10-11,14H,6-7H2,1H3,(H,15,16). The molecule has 1 aromatic carbocycles. The van der Waals surface area contributed by atoms with Crippen LogP contribution in [0.1, 0.15) is 27.7 Å². The van der Waals surface area contributed by atoms with Crippen LogP contribution in [0.25, 0.3) is 0 Å². The number of benzene rings is 1. The molecule has 0 aliphatic carbocycles. The maximum atomic E-state index is 11.3. The van der Waals surface area contributed by atoms with E-state index in [-0.39, 0.29) is 11.3 Å². The summed E-state index contributed by atoms with van der Waals surface area (Å²) >= 11 is 1.67. The van der Waals surface area contributed by atoms with Gasteiger partial charge in [-0.1, -0.05) is 12.1 Å². The van der Waals surface area contributed by atoms with Gasteiger partial charge in [0, 0.05) is 0 Å². The Balaban J connectivity index is 2.09. The number of nitrogens with one attached hydrogen (secondary N) is 1. The van der Waals surface area contributed by atoms with E-state index in [4.69, 9.17) is 5.11 Å². The number of thioether (sulfide) groups is 1. The SMILES string of the molecule is COC(=O)c1ccc(C2NC(C(=O)O)CCS2)cc1. The van der Waals surface area contributed by atoms with Crippen LogP contribution in [-0.2, 0) is 9.53 Å². The van der Waals surface area contributed by atoms with Crippen molar-refractivity contribution in [3.63, 3.8) is 0 Å². The van der Waals surface area contributed by atoms with Gasteiger partial charge in [-0.25, -0.2) is 4.79 Å². The predicted molar refractivity (Wildman–Crippen MR) is 72.2 cm³/mol. The summed E-state index contributed by atoms with van der Waals surface area (Å²) in [6, 6.07) is 6.51. The number of hydrogen-bond donors (Lipinski definition) is 2. The summed E-state index contributed by atoms with van der Waals surface area (Å²) in [5.74, 6) is -0.399. The molecule has 0 saturated carbocycles. The van der Waals surface area contributed by atoms with Gasteiger partial charge in [0.25, 0.3) is 0 Å². The highest BCUT2D eigenvalue weighted by Crippen LogP contribution is 2.31. The van der Waals surface area contributed by atoms with Gasteiger partial charge >= 0.3 is 11.9 Å². The average Bonchev–Trinajstić information content (AvgIpc) is 2.46. The number of carboxylic acids is 1. The van der Waals surface area contributed by atoms with Gasteiger partial charge in [-0.15, -0.1) is 11.8 Å². The third-order valence-electron chi connectivity index (χ3n) is 2.98. The van der Waals surface area contributed by atoms with Gasteiger partial charge in [-0.2, -0.15) is 0 Å². The van der Waals surface area contributed by atoms with E-state index in [1.807, 2.05) is 12.1 Å². The fraction of sp³-hybridized carbons (Fsp3) is 0.385. The first-order valence-corrected chi connectivity index (χ1v) is 6.95. The molecule has 5 nitrogen and oxygen atoms in total. The Bertz CT molecular complexity index is 474. The van der Waals surface area contributed by atoms with E-state index in [0.29, 0.717) is 12.0 Å². The molecule has 2 rings (SSSR count). The molecule has 0 amide bonds. The maximum Gasteiger partial charge on any atom is 0.337 e. The number of esters is 1. The van der Waals surface area contributed by atoms with Gasteiger partial charge in [0.2, 0.25) is 0 Å². The lowest BCUT2D eigenvalue weighted by Gasteiger charge is -2.28. The van der Waals surface area contributed by atoms with Gasteiger partial charge in [0.15, 0.2) is 0 Å². The third kappa shape index (κ3) is 3.27. The predicted octanol–water partition coefficient (Wildman–Crippen LogP) is 1.65. The van der Waals surface area contributed by atoms with Gasteiger partial charge in [0.1, 0.15) is 6.04 Å². The minimum absolute atomic E-state index is 0.0541. The molecule has 1 saturated heterocycles. The number of rotatable bonds is 3. The Morgan fingerprint density at radius 3 is 2.63 bits per heavy atom. The maximum absolute atomic E-state index is 11.3. The van der Waals surface area contributed by atoms with E-state index in [9.17, 15) is 9.59 Å². The lowest BCUT2D eigenvalue weighted by molar-refractivity contribution is -0.139. The minimum atomic E-state index is -0.823. The monoisotopic (exact) mass is 281 g/mol. The van der Waals surface area contributed by atoms with Gasteiger partial charge in [-0.05, 0) is 29.9 Å². The van der Waals surface area contributed by atoms with Crippen molar-refractivity contribution < 1.29 is 19.4 Å². The van der Waals surface area contributed by atoms with Crippen molar-refractivity contribution in [3.8, 4) is 0 Å². The van der Waals surface area contributed by atoms with Crippen LogP contribution in [0.5, 0.6) is 0 Å². The van der Waals surface area contributed by atoms with Crippen molar-refractivity contribution in [3.05, 3.63) is 35.4 Å². The molecule has 2 N–H and O–H groups in total. The molecule has 1 heterocycles. The Kier molecular flexibility index (Phi) is 4.44. The molecule has 6 heteroatoms. The molecular formula is C13H15NO4S. The molecule has 0 bridgehead atoms. The van der Waals surface area contributed by atoms with Gasteiger partial charge in [-0.3, -0.25) is 10.1 Å². The van der Waals surface area contributed by atoms with Crippen LogP contribution in [-0.4, -0.2) is 35.9 Å². The Morgan fingerprint density at radius 1 is 1.37 bits per heavy atom. The molecule has 0 aromatic heterocycles. The molecule has 0 spiro atoms. The third-order valence-corrected chi connectivity index (χ3v) is 4.19. The average molecular weight is 281 g/mol. The van der Waals surface area contributed by atoms with Gasteiger partial charge in [0.05, 0.1) is 18.0 Å². The second-order valence-electron chi connectivity index (χ2n) is 4.21. The second kappa shape index (κ2) is 6.08. The highest BCUT2D eigenvalue weighted by molar-refractivity contribution is 7.99. The van der Waals surface area contributed by atoms with Crippen molar-refractivity contribution in [2.75, 3.05) is 12.9 Å². The summed E-state index contributed by atoms with van der Waals surface area (Å²) in [6.45, 7) is 0. The van der Waals surface area contributed by atoms with E-state index >= 15 is 0 Å². The Morgan fingerprint density at radius 2 is 2.05 bits per heavy atom.